The van der Waals surface area contributed by atoms with Crippen molar-refractivity contribution in [3.05, 3.63) is 59.2 Å². The van der Waals surface area contributed by atoms with Crippen LogP contribution < -0.4 is 10.2 Å². The fourth-order valence-electron chi connectivity index (χ4n) is 5.31. The average Bonchev–Trinajstić information content (AvgIpc) is 3.42. The lowest BCUT2D eigenvalue weighted by Crippen LogP contribution is -2.59. The lowest BCUT2D eigenvalue weighted by atomic mass is 9.58. The van der Waals surface area contributed by atoms with Crippen LogP contribution in [0.3, 0.4) is 0 Å². The van der Waals surface area contributed by atoms with Gasteiger partial charge in [-0.2, -0.15) is 10.4 Å². The normalized spacial score (nSPS) is 20.1. The van der Waals surface area contributed by atoms with Gasteiger partial charge in [0.25, 0.3) is 5.91 Å². The Balaban J connectivity index is 1.68. The van der Waals surface area contributed by atoms with Gasteiger partial charge in [-0.15, -0.1) is 0 Å². The SMILES string of the molecule is BC1(B)C[C@H](O)C(B)(B)N1c1ccn(-c2cc(-c3c(F)cccc3C#N)nc3c2C(=O)NC3)n1. The van der Waals surface area contributed by atoms with Crippen LogP contribution >= 0.6 is 0 Å². The topological polar surface area (TPSA) is 107 Å². The fourth-order valence-corrected chi connectivity index (χ4v) is 5.31. The molecule has 166 valence electrons. The third kappa shape index (κ3) is 3.24. The predicted molar refractivity (Wildman–Crippen MR) is 135 cm³/mol. The zero-order chi connectivity index (χ0) is 24.4. The van der Waals surface area contributed by atoms with Crippen molar-refractivity contribution in [2.24, 2.45) is 0 Å². The minimum atomic E-state index is -0.564. The Morgan fingerprint density at radius 1 is 1.24 bits per heavy atom. The number of hydrogen-bond acceptors (Lipinski definition) is 6. The number of fused-ring (bicyclic) bond motifs is 1. The Kier molecular flexibility index (Phi) is 4.92. The number of hydrogen-bond donors (Lipinski definition) is 2. The van der Waals surface area contributed by atoms with Crippen LogP contribution in [0.5, 0.6) is 0 Å². The number of rotatable bonds is 3. The minimum absolute atomic E-state index is 0.0886. The quantitative estimate of drug-likeness (QED) is 0.430. The van der Waals surface area contributed by atoms with Gasteiger partial charge in [0.15, 0.2) is 0 Å². The van der Waals surface area contributed by atoms with Gasteiger partial charge in [-0.25, -0.2) is 14.1 Å². The molecule has 2 aliphatic rings. The molecule has 0 unspecified atom stereocenters. The van der Waals surface area contributed by atoms with Gasteiger partial charge in [-0.3, -0.25) is 4.79 Å². The molecule has 8 nitrogen and oxygen atoms in total. The molecule has 1 fully saturated rings. The summed E-state index contributed by atoms with van der Waals surface area (Å²) in [6.45, 7) is 0.206. The van der Waals surface area contributed by atoms with Gasteiger partial charge in [0, 0.05) is 17.6 Å². The van der Waals surface area contributed by atoms with Crippen LogP contribution in [0, 0.1) is 17.1 Å². The number of nitrogens with zero attached hydrogens (tertiary/aromatic N) is 5. The summed E-state index contributed by atoms with van der Waals surface area (Å²) in [5.41, 5.74) is 1.79. The first-order chi connectivity index (χ1) is 16.0. The van der Waals surface area contributed by atoms with Crippen LogP contribution in [0.4, 0.5) is 10.2 Å². The van der Waals surface area contributed by atoms with Gasteiger partial charge < -0.3 is 15.3 Å². The lowest BCUT2D eigenvalue weighted by Gasteiger charge is -2.42. The van der Waals surface area contributed by atoms with Crippen LogP contribution in [-0.4, -0.2) is 73.9 Å². The van der Waals surface area contributed by atoms with Gasteiger partial charge in [-0.1, -0.05) is 6.07 Å². The maximum atomic E-state index is 14.8. The zero-order valence-corrected chi connectivity index (χ0v) is 19.4. The van der Waals surface area contributed by atoms with Crippen molar-refractivity contribution in [2.75, 3.05) is 4.90 Å². The molecule has 0 spiro atoms. The average molecular weight is 452 g/mol. The molecule has 2 aliphatic heterocycles. The third-order valence-corrected chi connectivity index (χ3v) is 6.85. The van der Waals surface area contributed by atoms with Gasteiger partial charge in [0.1, 0.15) is 43.0 Å². The summed E-state index contributed by atoms with van der Waals surface area (Å²) in [6, 6.07) is 9.74. The Hall–Kier alpha value is -3.51. The number of aromatic nitrogens is 3. The van der Waals surface area contributed by atoms with Crippen molar-refractivity contribution in [1.82, 2.24) is 20.1 Å². The molecule has 1 aromatic carbocycles. The van der Waals surface area contributed by atoms with Crippen LogP contribution in [-0.2, 0) is 6.54 Å². The number of aliphatic hydroxyl groups excluding tert-OH is 1. The highest BCUT2D eigenvalue weighted by Crippen LogP contribution is 2.38. The smallest absolute Gasteiger partial charge is 0.255 e. The summed E-state index contributed by atoms with van der Waals surface area (Å²) >= 11 is 0. The number of aliphatic hydroxyl groups is 1. The van der Waals surface area contributed by atoms with E-state index in [-0.39, 0.29) is 34.6 Å². The number of nitriles is 1. The van der Waals surface area contributed by atoms with Crippen molar-refractivity contribution < 1.29 is 14.3 Å². The molecule has 0 aliphatic carbocycles. The van der Waals surface area contributed by atoms with Crippen molar-refractivity contribution in [3.63, 3.8) is 0 Å². The Morgan fingerprint density at radius 2 is 2.00 bits per heavy atom. The molecule has 1 atom stereocenters. The van der Waals surface area contributed by atoms with E-state index in [1.807, 2.05) is 27.8 Å². The molecule has 4 heterocycles. The number of benzene rings is 1. The first-order valence-corrected chi connectivity index (χ1v) is 11.1. The fraction of sp³-hybridized carbons (Fsp3) is 0.238. The molecular formula is C21H21B4FN6O2. The van der Waals surface area contributed by atoms with Crippen LogP contribution in [0.25, 0.3) is 16.9 Å². The van der Waals surface area contributed by atoms with E-state index in [1.54, 1.807) is 16.9 Å². The van der Waals surface area contributed by atoms with Gasteiger partial charge >= 0.3 is 0 Å². The Labute approximate surface area is 199 Å². The molecular weight excluding hydrogens is 431 g/mol. The van der Waals surface area contributed by atoms with E-state index in [2.05, 4.69) is 30.9 Å². The Bertz CT molecular complexity index is 1390. The molecule has 2 N–H and O–H groups in total. The maximum absolute atomic E-state index is 14.8. The summed E-state index contributed by atoms with van der Waals surface area (Å²) in [6.07, 6.45) is 1.80. The number of halogens is 1. The van der Waals surface area contributed by atoms with Crippen LogP contribution in [0.1, 0.15) is 28.0 Å². The monoisotopic (exact) mass is 452 g/mol. The molecule has 0 saturated carbocycles. The third-order valence-electron chi connectivity index (χ3n) is 6.85. The first-order valence-electron chi connectivity index (χ1n) is 11.1. The number of anilines is 1. The van der Waals surface area contributed by atoms with Gasteiger partial charge in [-0.05, 0) is 30.0 Å². The summed E-state index contributed by atoms with van der Waals surface area (Å²) in [5, 5.41) is 26.8. The highest BCUT2D eigenvalue weighted by Gasteiger charge is 2.50. The van der Waals surface area contributed by atoms with Crippen molar-refractivity contribution in [2.45, 2.75) is 29.7 Å². The van der Waals surface area contributed by atoms with E-state index in [1.165, 1.54) is 18.2 Å². The van der Waals surface area contributed by atoms with E-state index < -0.39 is 17.3 Å². The molecule has 1 amide bonds. The van der Waals surface area contributed by atoms with E-state index in [0.29, 0.717) is 29.2 Å². The highest BCUT2D eigenvalue weighted by atomic mass is 19.1. The number of nitrogens with one attached hydrogen (secondary N) is 1. The number of pyridine rings is 1. The van der Waals surface area contributed by atoms with Gasteiger partial charge in [0.05, 0.1) is 52.5 Å². The summed E-state index contributed by atoms with van der Waals surface area (Å²) in [4.78, 5) is 19.2. The number of carbonyl (C=O) groups excluding carboxylic acids is 1. The maximum Gasteiger partial charge on any atom is 0.255 e. The zero-order valence-electron chi connectivity index (χ0n) is 19.4. The largest absolute Gasteiger partial charge is 0.392 e. The second-order valence-electron chi connectivity index (χ2n) is 9.95. The van der Waals surface area contributed by atoms with Crippen molar-refractivity contribution >= 4 is 43.1 Å². The van der Waals surface area contributed by atoms with E-state index in [9.17, 15) is 19.6 Å². The van der Waals surface area contributed by atoms with Crippen molar-refractivity contribution in [3.8, 4) is 23.0 Å². The first kappa shape index (κ1) is 22.3. The molecule has 34 heavy (non-hydrogen) atoms. The number of carbonyl (C=O) groups is 1. The Morgan fingerprint density at radius 3 is 2.68 bits per heavy atom. The molecule has 2 aromatic heterocycles. The molecule has 1 saturated heterocycles. The summed E-state index contributed by atoms with van der Waals surface area (Å²) < 4.78 is 16.4. The predicted octanol–water partition coefficient (Wildman–Crippen LogP) is -2.40. The van der Waals surface area contributed by atoms with Crippen LogP contribution in [0.15, 0.2) is 36.5 Å². The highest BCUT2D eigenvalue weighted by molar-refractivity contribution is 6.49. The second kappa shape index (κ2) is 7.50. The molecule has 3 aromatic rings. The van der Waals surface area contributed by atoms with E-state index in [4.69, 9.17) is 5.10 Å². The lowest BCUT2D eigenvalue weighted by molar-refractivity contribution is 0.0965. The van der Waals surface area contributed by atoms with Crippen molar-refractivity contribution in [1.29, 1.82) is 5.26 Å². The minimum Gasteiger partial charge on any atom is -0.392 e. The molecule has 0 radical (unpaired) electrons. The van der Waals surface area contributed by atoms with Crippen LogP contribution in [0.2, 0.25) is 0 Å². The van der Waals surface area contributed by atoms with E-state index in [0.717, 1.165) is 0 Å². The molecule has 13 heteroatoms. The van der Waals surface area contributed by atoms with E-state index >= 15 is 0 Å². The second-order valence-corrected chi connectivity index (χ2v) is 9.95. The standard InChI is InChI=1S/C21H21B4FN6O2/c22-20(23)7-15(33)21(24,25)32(20)16-4-5-31(30-16)14-6-12(29-13-9-28-19(34)18(13)14)17-10(8-27)2-1-3-11(17)26/h1-6,15,33H,7,9,22-25H2,(H,28,34)/t15-/m0/s1. The molecule has 0 bridgehead atoms. The van der Waals surface area contributed by atoms with Gasteiger partial charge in [0.2, 0.25) is 0 Å². The molecule has 5 rings (SSSR count). The number of amides is 1. The summed E-state index contributed by atoms with van der Waals surface area (Å²) in [7, 11) is 8.06. The summed E-state index contributed by atoms with van der Waals surface area (Å²) in [5.74, 6) is -0.196.